The molecule has 2 aliphatic heterocycles. The first-order valence-corrected chi connectivity index (χ1v) is 12.7. The van der Waals surface area contributed by atoms with Crippen molar-refractivity contribution >= 4 is 28.8 Å². The van der Waals surface area contributed by atoms with Crippen molar-refractivity contribution in [3.05, 3.63) is 64.0 Å². The smallest absolute Gasteiger partial charge is 0.282 e. The highest BCUT2D eigenvalue weighted by Gasteiger charge is 2.32. The first-order chi connectivity index (χ1) is 16.6. The first-order valence-electron chi connectivity index (χ1n) is 11.9. The normalized spacial score (nSPS) is 19.0. The Kier molecular flexibility index (Phi) is 7.01. The number of anilines is 1. The molecule has 0 saturated carbocycles. The number of aryl methyl sites for hydroxylation is 2. The van der Waals surface area contributed by atoms with E-state index < -0.39 is 0 Å². The van der Waals surface area contributed by atoms with Gasteiger partial charge in [-0.1, -0.05) is 29.9 Å². The number of hydrogen-bond donors (Lipinski definition) is 1. The third-order valence-corrected chi connectivity index (χ3v) is 7.37. The zero-order valence-corrected chi connectivity index (χ0v) is 19.9. The van der Waals surface area contributed by atoms with Crippen molar-refractivity contribution in [2.45, 2.75) is 51.1 Å². The van der Waals surface area contributed by atoms with Crippen LogP contribution in [0, 0.1) is 0 Å². The van der Waals surface area contributed by atoms with Gasteiger partial charge in [0.15, 0.2) is 0 Å². The van der Waals surface area contributed by atoms with Crippen molar-refractivity contribution in [3.8, 4) is 0 Å². The maximum atomic E-state index is 12.7. The van der Waals surface area contributed by atoms with Crippen molar-refractivity contribution < 1.29 is 14.0 Å². The molecule has 4 heterocycles. The summed E-state index contributed by atoms with van der Waals surface area (Å²) in [5.74, 6) is 0.619. The van der Waals surface area contributed by atoms with E-state index in [2.05, 4.69) is 32.5 Å². The van der Waals surface area contributed by atoms with E-state index in [0.29, 0.717) is 24.4 Å². The highest BCUT2D eigenvalue weighted by molar-refractivity contribution is 7.13. The average Bonchev–Trinajstić information content (AvgIpc) is 3.61. The van der Waals surface area contributed by atoms with Crippen LogP contribution < -0.4 is 10.2 Å². The number of aromatic nitrogens is 2. The number of likely N-dealkylation sites (tertiary alicyclic amines) is 1. The molecule has 0 bridgehead atoms. The number of nitrogens with one attached hydrogen (secondary N) is 1. The summed E-state index contributed by atoms with van der Waals surface area (Å²) in [4.78, 5) is 29.6. The van der Waals surface area contributed by atoms with Gasteiger partial charge in [0.2, 0.25) is 10.9 Å². The van der Waals surface area contributed by atoms with Crippen LogP contribution in [0.5, 0.6) is 0 Å². The third-order valence-electron chi connectivity index (χ3n) is 6.39. The molecule has 2 aromatic heterocycles. The van der Waals surface area contributed by atoms with E-state index in [0.717, 1.165) is 36.1 Å². The highest BCUT2D eigenvalue weighted by Crippen LogP contribution is 2.24. The van der Waals surface area contributed by atoms with Gasteiger partial charge >= 0.3 is 0 Å². The second kappa shape index (κ2) is 10.5. The van der Waals surface area contributed by atoms with Crippen molar-refractivity contribution in [2.75, 3.05) is 24.5 Å². The topological polar surface area (TPSA) is 91.6 Å². The highest BCUT2D eigenvalue weighted by atomic mass is 32.1. The number of amides is 2. The Balaban J connectivity index is 1.13. The summed E-state index contributed by atoms with van der Waals surface area (Å²) in [5, 5.41) is 12.2. The number of carbonyl (C=O) groups is 2. The van der Waals surface area contributed by atoms with Gasteiger partial charge in [0, 0.05) is 38.0 Å². The van der Waals surface area contributed by atoms with E-state index in [1.165, 1.54) is 36.2 Å². The summed E-state index contributed by atoms with van der Waals surface area (Å²) in [7, 11) is 0. The summed E-state index contributed by atoms with van der Waals surface area (Å²) in [6.07, 6.45) is 7.19. The van der Waals surface area contributed by atoms with Crippen LogP contribution in [0.4, 0.5) is 5.69 Å². The molecule has 1 N–H and O–H groups in total. The predicted octanol–water partition coefficient (Wildman–Crippen LogP) is 3.44. The lowest BCUT2D eigenvalue weighted by atomic mass is 10.1. The Labute approximate surface area is 203 Å². The predicted molar refractivity (Wildman–Crippen MR) is 130 cm³/mol. The molecule has 0 aliphatic carbocycles. The molecular formula is C25H29N5O3S. The Hall–Kier alpha value is -3.04. The molecule has 5 rings (SSSR count). The molecule has 3 aromatic rings. The summed E-state index contributed by atoms with van der Waals surface area (Å²) in [5.41, 5.74) is 2.14. The minimum Gasteiger partial charge on any atom is -0.469 e. The number of rotatable bonds is 8. The van der Waals surface area contributed by atoms with Crippen molar-refractivity contribution in [2.24, 2.45) is 0 Å². The molecule has 1 unspecified atom stereocenters. The van der Waals surface area contributed by atoms with Crippen molar-refractivity contribution in [1.29, 1.82) is 0 Å². The molecule has 2 amide bonds. The minimum atomic E-state index is -0.279. The third kappa shape index (κ3) is 5.53. The van der Waals surface area contributed by atoms with Crippen molar-refractivity contribution in [3.63, 3.8) is 0 Å². The number of furan rings is 1. The van der Waals surface area contributed by atoms with Gasteiger partial charge < -0.3 is 14.6 Å². The Bertz CT molecular complexity index is 1110. The van der Waals surface area contributed by atoms with E-state index >= 15 is 0 Å². The number of carbonyl (C=O) groups excluding carboxylic acids is 2. The number of piperidine rings is 1. The van der Waals surface area contributed by atoms with E-state index in [-0.39, 0.29) is 24.3 Å². The molecular weight excluding hydrogens is 450 g/mol. The zero-order chi connectivity index (χ0) is 23.3. The van der Waals surface area contributed by atoms with Crippen LogP contribution >= 0.6 is 11.3 Å². The van der Waals surface area contributed by atoms with E-state index in [9.17, 15) is 9.59 Å². The summed E-state index contributed by atoms with van der Waals surface area (Å²) >= 11 is 1.28. The molecule has 9 heteroatoms. The Morgan fingerprint density at radius 1 is 1.09 bits per heavy atom. The summed E-state index contributed by atoms with van der Waals surface area (Å²) in [6.45, 7) is 3.74. The average molecular weight is 480 g/mol. The van der Waals surface area contributed by atoms with E-state index in [4.69, 9.17) is 4.42 Å². The maximum Gasteiger partial charge on any atom is 0.282 e. The van der Waals surface area contributed by atoms with Crippen LogP contribution in [0.25, 0.3) is 0 Å². The van der Waals surface area contributed by atoms with Gasteiger partial charge in [0.05, 0.1) is 12.3 Å². The Morgan fingerprint density at radius 2 is 1.91 bits per heavy atom. The molecule has 178 valence electrons. The summed E-state index contributed by atoms with van der Waals surface area (Å²) in [6, 6.07) is 11.8. The molecule has 0 radical (unpaired) electrons. The fraction of sp³-hybridized carbons (Fsp3) is 0.440. The molecule has 1 aromatic carbocycles. The zero-order valence-electron chi connectivity index (χ0n) is 19.1. The maximum absolute atomic E-state index is 12.7. The van der Waals surface area contributed by atoms with Gasteiger partial charge in [-0.25, -0.2) is 0 Å². The molecule has 1 atom stereocenters. The number of hydrogen-bond acceptors (Lipinski definition) is 7. The van der Waals surface area contributed by atoms with Gasteiger partial charge in [-0.05, 0) is 55.8 Å². The number of benzene rings is 1. The second-order valence-corrected chi connectivity index (χ2v) is 10.0. The lowest BCUT2D eigenvalue weighted by Gasteiger charge is -2.26. The fourth-order valence-electron chi connectivity index (χ4n) is 4.59. The monoisotopic (exact) mass is 479 g/mol. The fourth-order valence-corrected chi connectivity index (χ4v) is 5.33. The SMILES string of the molecule is O=C(NC1CC(=O)N(c2ccc(CN3CCCCC3)cc2)C1)c1nnc(CCc2ccco2)s1. The lowest BCUT2D eigenvalue weighted by molar-refractivity contribution is -0.117. The second-order valence-electron chi connectivity index (χ2n) is 8.96. The van der Waals surface area contributed by atoms with Crippen LogP contribution in [0.15, 0.2) is 47.1 Å². The quantitative estimate of drug-likeness (QED) is 0.532. The molecule has 8 nitrogen and oxygen atoms in total. The van der Waals surface area contributed by atoms with Gasteiger partial charge in [-0.2, -0.15) is 0 Å². The van der Waals surface area contributed by atoms with E-state index in [1.807, 2.05) is 24.3 Å². The molecule has 0 spiro atoms. The van der Waals surface area contributed by atoms with Crippen molar-refractivity contribution in [1.82, 2.24) is 20.4 Å². The minimum absolute atomic E-state index is 0.0190. The van der Waals surface area contributed by atoms with Gasteiger partial charge in [0.25, 0.3) is 5.91 Å². The van der Waals surface area contributed by atoms with Crippen LogP contribution in [0.1, 0.15) is 51.8 Å². The lowest BCUT2D eigenvalue weighted by Crippen LogP contribution is -2.37. The van der Waals surface area contributed by atoms with E-state index in [1.54, 1.807) is 11.2 Å². The van der Waals surface area contributed by atoms with Gasteiger partial charge in [0.1, 0.15) is 10.8 Å². The molecule has 2 saturated heterocycles. The van der Waals surface area contributed by atoms with Gasteiger partial charge in [-0.15, -0.1) is 10.2 Å². The largest absolute Gasteiger partial charge is 0.469 e. The summed E-state index contributed by atoms with van der Waals surface area (Å²) < 4.78 is 5.33. The Morgan fingerprint density at radius 3 is 2.68 bits per heavy atom. The molecule has 34 heavy (non-hydrogen) atoms. The first kappa shape index (κ1) is 22.7. The molecule has 2 aliphatic rings. The number of nitrogens with zero attached hydrogens (tertiary/aromatic N) is 4. The molecule has 2 fully saturated rings. The van der Waals surface area contributed by atoms with Crippen LogP contribution in [0.2, 0.25) is 0 Å². The van der Waals surface area contributed by atoms with Crippen LogP contribution in [0.3, 0.4) is 0 Å². The van der Waals surface area contributed by atoms with Crippen LogP contribution in [-0.4, -0.2) is 52.6 Å². The standard InChI is InChI=1S/C25H29N5O3S/c31-23-15-19(26-24(32)25-28-27-22(34-25)11-10-21-5-4-14-33-21)17-30(23)20-8-6-18(7-9-20)16-29-12-2-1-3-13-29/h4-9,14,19H,1-3,10-13,15-17H2,(H,26,32). The van der Waals surface area contributed by atoms with Crippen LogP contribution in [-0.2, 0) is 24.2 Å². The van der Waals surface area contributed by atoms with Gasteiger partial charge in [-0.3, -0.25) is 14.5 Å².